The third-order valence-corrected chi connectivity index (χ3v) is 2.54. The van der Waals surface area contributed by atoms with Crippen LogP contribution in [0.1, 0.15) is 23.0 Å². The molecule has 0 aliphatic carbocycles. The van der Waals surface area contributed by atoms with Crippen molar-refractivity contribution in [3.8, 4) is 0 Å². The monoisotopic (exact) mass is 255 g/mol. The number of benzene rings is 1. The standard InChI is InChI=1S/C14H13N3O2/c1-3-19-14(18)13-8-9-17(16-13)10-11-4-6-12(15-2)7-5-11/h4-9H,3,10H2,1H3. The predicted octanol–water partition coefficient (Wildman–Crippen LogP) is 2.66. The quantitative estimate of drug-likeness (QED) is 0.623. The van der Waals surface area contributed by atoms with E-state index >= 15 is 0 Å². The van der Waals surface area contributed by atoms with Crippen LogP contribution in [0.15, 0.2) is 36.5 Å². The van der Waals surface area contributed by atoms with Gasteiger partial charge < -0.3 is 4.74 Å². The van der Waals surface area contributed by atoms with Crippen molar-refractivity contribution in [1.29, 1.82) is 0 Å². The largest absolute Gasteiger partial charge is 0.461 e. The molecule has 96 valence electrons. The molecule has 2 rings (SSSR count). The van der Waals surface area contributed by atoms with Crippen LogP contribution in [0.4, 0.5) is 5.69 Å². The van der Waals surface area contributed by atoms with E-state index in [1.165, 1.54) is 0 Å². The molecule has 1 aromatic carbocycles. The third kappa shape index (κ3) is 3.19. The highest BCUT2D eigenvalue weighted by atomic mass is 16.5. The molecule has 0 unspecified atom stereocenters. The maximum absolute atomic E-state index is 11.5. The summed E-state index contributed by atoms with van der Waals surface area (Å²) >= 11 is 0. The van der Waals surface area contributed by atoms with Crippen molar-refractivity contribution in [2.75, 3.05) is 6.61 Å². The van der Waals surface area contributed by atoms with Crippen molar-refractivity contribution in [1.82, 2.24) is 9.78 Å². The number of ether oxygens (including phenoxy) is 1. The topological polar surface area (TPSA) is 48.5 Å². The molecule has 0 atom stereocenters. The minimum absolute atomic E-state index is 0.305. The van der Waals surface area contributed by atoms with Gasteiger partial charge in [0.05, 0.1) is 19.7 Å². The van der Waals surface area contributed by atoms with Crippen molar-refractivity contribution >= 4 is 11.7 Å². The van der Waals surface area contributed by atoms with E-state index < -0.39 is 5.97 Å². The van der Waals surface area contributed by atoms with Crippen LogP contribution >= 0.6 is 0 Å². The van der Waals surface area contributed by atoms with Gasteiger partial charge in [-0.3, -0.25) is 4.68 Å². The van der Waals surface area contributed by atoms with Gasteiger partial charge in [-0.1, -0.05) is 24.3 Å². The molecular weight excluding hydrogens is 242 g/mol. The van der Waals surface area contributed by atoms with Gasteiger partial charge in [-0.25, -0.2) is 9.64 Å². The lowest BCUT2D eigenvalue weighted by Crippen LogP contribution is -2.07. The summed E-state index contributed by atoms with van der Waals surface area (Å²) in [7, 11) is 0. The van der Waals surface area contributed by atoms with Crippen molar-refractivity contribution in [2.24, 2.45) is 0 Å². The molecule has 0 saturated heterocycles. The Bertz CT molecular complexity index is 608. The maximum atomic E-state index is 11.5. The Labute approximate surface area is 111 Å². The second kappa shape index (κ2) is 5.83. The summed E-state index contributed by atoms with van der Waals surface area (Å²) in [4.78, 5) is 14.8. The number of nitrogens with zero attached hydrogens (tertiary/aromatic N) is 3. The van der Waals surface area contributed by atoms with Gasteiger partial charge in [-0.15, -0.1) is 0 Å². The van der Waals surface area contributed by atoms with Gasteiger partial charge in [-0.05, 0) is 18.6 Å². The van der Waals surface area contributed by atoms with Gasteiger partial charge in [0.1, 0.15) is 0 Å². The number of rotatable bonds is 4. The lowest BCUT2D eigenvalue weighted by molar-refractivity contribution is 0.0518. The summed E-state index contributed by atoms with van der Waals surface area (Å²) in [6.45, 7) is 9.53. The number of carbonyl (C=O) groups is 1. The Morgan fingerprint density at radius 3 is 2.74 bits per heavy atom. The summed E-state index contributed by atoms with van der Waals surface area (Å²) in [6.07, 6.45) is 1.73. The van der Waals surface area contributed by atoms with Crippen LogP contribution in [-0.2, 0) is 11.3 Å². The molecule has 0 aliphatic heterocycles. The Kier molecular flexibility index (Phi) is 3.94. The molecule has 1 aromatic heterocycles. The van der Waals surface area contributed by atoms with Crippen molar-refractivity contribution in [3.05, 3.63) is 59.2 Å². The smallest absolute Gasteiger partial charge is 0.358 e. The first kappa shape index (κ1) is 12.8. The first-order valence-electron chi connectivity index (χ1n) is 5.90. The van der Waals surface area contributed by atoms with Crippen LogP contribution in [-0.4, -0.2) is 22.4 Å². The Hall–Kier alpha value is -2.61. The first-order chi connectivity index (χ1) is 9.22. The first-order valence-corrected chi connectivity index (χ1v) is 5.90. The fraction of sp³-hybridized carbons (Fsp3) is 0.214. The molecule has 5 nitrogen and oxygen atoms in total. The average Bonchev–Trinajstić information content (AvgIpc) is 2.88. The van der Waals surface area contributed by atoms with Gasteiger partial charge >= 0.3 is 5.97 Å². The SMILES string of the molecule is [C-]#[N+]c1ccc(Cn2ccc(C(=O)OCC)n2)cc1. The van der Waals surface area contributed by atoms with Crippen LogP contribution < -0.4 is 0 Å². The molecule has 19 heavy (non-hydrogen) atoms. The molecule has 0 aliphatic rings. The summed E-state index contributed by atoms with van der Waals surface area (Å²) < 4.78 is 6.54. The highest BCUT2D eigenvalue weighted by Crippen LogP contribution is 2.13. The number of esters is 1. The van der Waals surface area contributed by atoms with Crippen LogP contribution in [0.25, 0.3) is 4.85 Å². The van der Waals surface area contributed by atoms with Crippen LogP contribution in [0.5, 0.6) is 0 Å². The molecule has 0 saturated carbocycles. The summed E-state index contributed by atoms with van der Waals surface area (Å²) in [5.74, 6) is -0.412. The lowest BCUT2D eigenvalue weighted by Gasteiger charge is -2.02. The maximum Gasteiger partial charge on any atom is 0.358 e. The molecule has 0 amide bonds. The average molecular weight is 255 g/mol. The van der Waals surface area contributed by atoms with Gasteiger partial charge in [0.25, 0.3) is 0 Å². The summed E-state index contributed by atoms with van der Waals surface area (Å²) in [5.41, 5.74) is 1.93. The van der Waals surface area contributed by atoms with E-state index in [0.29, 0.717) is 24.5 Å². The molecule has 0 spiro atoms. The van der Waals surface area contributed by atoms with Gasteiger partial charge in [0, 0.05) is 6.20 Å². The van der Waals surface area contributed by atoms with E-state index in [1.807, 2.05) is 12.1 Å². The van der Waals surface area contributed by atoms with Crippen LogP contribution in [0.2, 0.25) is 0 Å². The highest BCUT2D eigenvalue weighted by Gasteiger charge is 2.10. The van der Waals surface area contributed by atoms with E-state index in [-0.39, 0.29) is 0 Å². The fourth-order valence-electron chi connectivity index (χ4n) is 1.63. The Morgan fingerprint density at radius 1 is 1.37 bits per heavy atom. The number of carbonyl (C=O) groups excluding carboxylic acids is 1. The molecule has 0 bridgehead atoms. The molecule has 0 radical (unpaired) electrons. The van der Waals surface area contributed by atoms with Crippen molar-refractivity contribution in [2.45, 2.75) is 13.5 Å². The van der Waals surface area contributed by atoms with Gasteiger partial charge in [0.15, 0.2) is 11.4 Å². The Balaban J connectivity index is 2.07. The van der Waals surface area contributed by atoms with E-state index in [9.17, 15) is 4.79 Å². The molecular formula is C14H13N3O2. The predicted molar refractivity (Wildman–Crippen MR) is 70.0 cm³/mol. The zero-order chi connectivity index (χ0) is 13.7. The van der Waals surface area contributed by atoms with E-state index in [2.05, 4.69) is 9.94 Å². The van der Waals surface area contributed by atoms with Crippen LogP contribution in [0.3, 0.4) is 0 Å². The van der Waals surface area contributed by atoms with E-state index in [1.54, 1.807) is 36.0 Å². The summed E-state index contributed by atoms with van der Waals surface area (Å²) in [5, 5.41) is 4.15. The normalized spacial score (nSPS) is 9.89. The van der Waals surface area contributed by atoms with E-state index in [0.717, 1.165) is 5.56 Å². The minimum atomic E-state index is -0.412. The highest BCUT2D eigenvalue weighted by molar-refractivity contribution is 5.86. The second-order valence-corrected chi connectivity index (χ2v) is 3.90. The molecule has 0 N–H and O–H groups in total. The zero-order valence-corrected chi connectivity index (χ0v) is 10.5. The van der Waals surface area contributed by atoms with Crippen LogP contribution in [0, 0.1) is 6.57 Å². The zero-order valence-electron chi connectivity index (χ0n) is 10.5. The molecule has 5 heteroatoms. The van der Waals surface area contributed by atoms with Gasteiger partial charge in [0.2, 0.25) is 0 Å². The minimum Gasteiger partial charge on any atom is -0.461 e. The second-order valence-electron chi connectivity index (χ2n) is 3.90. The lowest BCUT2D eigenvalue weighted by atomic mass is 10.2. The fourth-order valence-corrected chi connectivity index (χ4v) is 1.63. The van der Waals surface area contributed by atoms with Crippen molar-refractivity contribution in [3.63, 3.8) is 0 Å². The number of hydrogen-bond donors (Lipinski definition) is 0. The molecule has 0 fully saturated rings. The number of hydrogen-bond acceptors (Lipinski definition) is 3. The molecule has 2 aromatic rings. The van der Waals surface area contributed by atoms with Crippen molar-refractivity contribution < 1.29 is 9.53 Å². The molecule has 1 heterocycles. The van der Waals surface area contributed by atoms with E-state index in [4.69, 9.17) is 11.3 Å². The Morgan fingerprint density at radius 2 is 2.11 bits per heavy atom. The number of aromatic nitrogens is 2. The summed E-state index contributed by atoms with van der Waals surface area (Å²) in [6, 6.07) is 8.90. The third-order valence-electron chi connectivity index (χ3n) is 2.54. The van der Waals surface area contributed by atoms with Gasteiger partial charge in [-0.2, -0.15) is 5.10 Å².